The summed E-state index contributed by atoms with van der Waals surface area (Å²) in [5.74, 6) is -0.907. The maximum absolute atomic E-state index is 11.8. The van der Waals surface area contributed by atoms with Crippen LogP contribution in [0.1, 0.15) is 30.5 Å². The molecule has 0 saturated heterocycles. The molecule has 0 aliphatic rings. The predicted octanol–water partition coefficient (Wildman–Crippen LogP) is 4.85. The molecule has 0 atom stereocenters. The molecule has 29 heavy (non-hydrogen) atoms. The van der Waals surface area contributed by atoms with Gasteiger partial charge in [0.2, 0.25) is 0 Å². The van der Waals surface area contributed by atoms with Crippen molar-refractivity contribution in [2.75, 3.05) is 7.11 Å². The molecule has 0 aromatic heterocycles. The van der Waals surface area contributed by atoms with Crippen LogP contribution in [0.3, 0.4) is 0 Å². The predicted molar refractivity (Wildman–Crippen MR) is 112 cm³/mol. The SMILES string of the molecule is CC=C(C(=O)O)c1cc(OC)c(OC(C)=O)c2c(Cc3ccccc3)cccc12. The minimum atomic E-state index is -1.04. The third kappa shape index (κ3) is 4.14. The number of hydrogen-bond acceptors (Lipinski definition) is 4. The van der Waals surface area contributed by atoms with E-state index in [0.29, 0.717) is 34.3 Å². The van der Waals surface area contributed by atoms with Gasteiger partial charge in [-0.25, -0.2) is 4.79 Å². The number of carboxylic acids is 1. The zero-order valence-electron chi connectivity index (χ0n) is 16.6. The zero-order chi connectivity index (χ0) is 21.0. The number of ether oxygens (including phenoxy) is 2. The van der Waals surface area contributed by atoms with Gasteiger partial charge in [0.05, 0.1) is 12.7 Å². The molecule has 3 aromatic rings. The molecule has 148 valence electrons. The molecule has 0 spiro atoms. The van der Waals surface area contributed by atoms with Crippen LogP contribution < -0.4 is 9.47 Å². The van der Waals surface area contributed by atoms with Gasteiger partial charge in [-0.15, -0.1) is 0 Å². The highest BCUT2D eigenvalue weighted by molar-refractivity contribution is 6.20. The van der Waals surface area contributed by atoms with Crippen molar-refractivity contribution in [2.24, 2.45) is 0 Å². The highest BCUT2D eigenvalue weighted by atomic mass is 16.6. The zero-order valence-corrected chi connectivity index (χ0v) is 16.6. The Morgan fingerprint density at radius 3 is 2.38 bits per heavy atom. The fourth-order valence-electron chi connectivity index (χ4n) is 3.47. The van der Waals surface area contributed by atoms with Crippen molar-refractivity contribution >= 4 is 28.3 Å². The molecule has 0 amide bonds. The average Bonchev–Trinajstić information content (AvgIpc) is 2.70. The number of benzene rings is 3. The molecule has 0 aliphatic heterocycles. The Kier molecular flexibility index (Phi) is 5.98. The van der Waals surface area contributed by atoms with E-state index in [-0.39, 0.29) is 5.57 Å². The van der Waals surface area contributed by atoms with Gasteiger partial charge in [-0.05, 0) is 35.9 Å². The Balaban J connectivity index is 2.37. The minimum absolute atomic E-state index is 0.152. The van der Waals surface area contributed by atoms with Crippen LogP contribution in [0.25, 0.3) is 16.3 Å². The van der Waals surface area contributed by atoms with E-state index in [1.807, 2.05) is 48.5 Å². The Morgan fingerprint density at radius 1 is 1.07 bits per heavy atom. The van der Waals surface area contributed by atoms with Crippen molar-refractivity contribution < 1.29 is 24.2 Å². The van der Waals surface area contributed by atoms with Crippen molar-refractivity contribution in [1.29, 1.82) is 0 Å². The molecule has 3 aromatic carbocycles. The second-order valence-electron chi connectivity index (χ2n) is 6.56. The Hall–Kier alpha value is -3.60. The third-order valence-electron chi connectivity index (χ3n) is 4.68. The van der Waals surface area contributed by atoms with E-state index in [0.717, 1.165) is 11.1 Å². The summed E-state index contributed by atoms with van der Waals surface area (Å²) in [4.78, 5) is 23.6. The number of allylic oxidation sites excluding steroid dienone is 1. The maximum atomic E-state index is 11.8. The van der Waals surface area contributed by atoms with Gasteiger partial charge in [0.1, 0.15) is 0 Å². The number of carbonyl (C=O) groups excluding carboxylic acids is 1. The Labute approximate surface area is 169 Å². The van der Waals surface area contributed by atoms with Gasteiger partial charge >= 0.3 is 11.9 Å². The standard InChI is InChI=1S/C24H22O5/c1-4-18(24(26)27)20-14-21(28-3)23(29-15(2)25)22-17(11-8-12-19(20)22)13-16-9-6-5-7-10-16/h4-12,14H,13H2,1-3H3,(H,26,27). The summed E-state index contributed by atoms with van der Waals surface area (Å²) in [6, 6.07) is 17.2. The highest BCUT2D eigenvalue weighted by Gasteiger charge is 2.22. The highest BCUT2D eigenvalue weighted by Crippen LogP contribution is 2.42. The van der Waals surface area contributed by atoms with Gasteiger partial charge in [-0.1, -0.05) is 54.6 Å². The van der Waals surface area contributed by atoms with Gasteiger partial charge < -0.3 is 14.6 Å². The molecule has 0 fully saturated rings. The molecule has 0 saturated carbocycles. The van der Waals surface area contributed by atoms with Crippen LogP contribution in [0.2, 0.25) is 0 Å². The lowest BCUT2D eigenvalue weighted by Gasteiger charge is -2.18. The van der Waals surface area contributed by atoms with E-state index in [9.17, 15) is 14.7 Å². The number of rotatable bonds is 6. The number of esters is 1. The summed E-state index contributed by atoms with van der Waals surface area (Å²) < 4.78 is 11.0. The maximum Gasteiger partial charge on any atom is 0.335 e. The first-order valence-electron chi connectivity index (χ1n) is 9.21. The van der Waals surface area contributed by atoms with Crippen molar-refractivity contribution in [3.63, 3.8) is 0 Å². The van der Waals surface area contributed by atoms with Crippen LogP contribution in [0.5, 0.6) is 11.5 Å². The average molecular weight is 390 g/mol. The number of hydrogen-bond donors (Lipinski definition) is 1. The molecule has 0 heterocycles. The summed E-state index contributed by atoms with van der Waals surface area (Å²) in [7, 11) is 1.47. The molecular weight excluding hydrogens is 368 g/mol. The molecule has 1 N–H and O–H groups in total. The first kappa shape index (κ1) is 20.1. The van der Waals surface area contributed by atoms with Crippen LogP contribution >= 0.6 is 0 Å². The van der Waals surface area contributed by atoms with Crippen LogP contribution in [0, 0.1) is 0 Å². The van der Waals surface area contributed by atoms with E-state index >= 15 is 0 Å². The number of fused-ring (bicyclic) bond motifs is 1. The van der Waals surface area contributed by atoms with Crippen molar-refractivity contribution in [2.45, 2.75) is 20.3 Å². The van der Waals surface area contributed by atoms with Crippen LogP contribution in [0.4, 0.5) is 0 Å². The van der Waals surface area contributed by atoms with E-state index in [1.165, 1.54) is 14.0 Å². The quantitative estimate of drug-likeness (QED) is 0.370. The van der Waals surface area contributed by atoms with Gasteiger partial charge in [0, 0.05) is 17.9 Å². The fraction of sp³-hybridized carbons (Fsp3) is 0.167. The van der Waals surface area contributed by atoms with Crippen molar-refractivity contribution in [3.05, 3.63) is 77.4 Å². The molecule has 0 radical (unpaired) electrons. The van der Waals surface area contributed by atoms with Crippen LogP contribution in [-0.2, 0) is 16.0 Å². The Morgan fingerprint density at radius 2 is 1.79 bits per heavy atom. The van der Waals surface area contributed by atoms with Crippen molar-refractivity contribution in [3.8, 4) is 11.5 Å². The third-order valence-corrected chi connectivity index (χ3v) is 4.68. The summed E-state index contributed by atoms with van der Waals surface area (Å²) in [6.07, 6.45) is 2.14. The van der Waals surface area contributed by atoms with Gasteiger partial charge in [-0.3, -0.25) is 4.79 Å². The summed E-state index contributed by atoms with van der Waals surface area (Å²) in [5, 5.41) is 11.0. The summed E-state index contributed by atoms with van der Waals surface area (Å²) in [6.45, 7) is 3.00. The summed E-state index contributed by atoms with van der Waals surface area (Å²) >= 11 is 0. The lowest BCUT2D eigenvalue weighted by Crippen LogP contribution is -2.07. The number of carbonyl (C=O) groups is 2. The second-order valence-corrected chi connectivity index (χ2v) is 6.56. The van der Waals surface area contributed by atoms with E-state index in [1.54, 1.807) is 19.1 Å². The molecular formula is C24H22O5. The van der Waals surface area contributed by atoms with Crippen LogP contribution in [0.15, 0.2) is 60.7 Å². The topological polar surface area (TPSA) is 72.8 Å². The first-order chi connectivity index (χ1) is 14.0. The molecule has 0 unspecified atom stereocenters. The molecule has 5 heteroatoms. The normalized spacial score (nSPS) is 11.3. The number of aliphatic carboxylic acids is 1. The van der Waals surface area contributed by atoms with Gasteiger partial charge in [0.25, 0.3) is 0 Å². The molecule has 3 rings (SSSR count). The van der Waals surface area contributed by atoms with E-state index < -0.39 is 11.9 Å². The van der Waals surface area contributed by atoms with Gasteiger partial charge in [-0.2, -0.15) is 0 Å². The minimum Gasteiger partial charge on any atom is -0.493 e. The first-order valence-corrected chi connectivity index (χ1v) is 9.21. The largest absolute Gasteiger partial charge is 0.493 e. The molecule has 0 aliphatic carbocycles. The van der Waals surface area contributed by atoms with E-state index in [2.05, 4.69) is 0 Å². The second kappa shape index (κ2) is 8.61. The summed E-state index contributed by atoms with van der Waals surface area (Å²) in [5.41, 5.74) is 2.66. The lowest BCUT2D eigenvalue weighted by molar-refractivity contribution is -0.132. The van der Waals surface area contributed by atoms with Gasteiger partial charge in [0.15, 0.2) is 11.5 Å². The number of carboxylic acid groups (broad SMARTS) is 1. The molecule has 0 bridgehead atoms. The van der Waals surface area contributed by atoms with E-state index in [4.69, 9.17) is 9.47 Å². The smallest absolute Gasteiger partial charge is 0.335 e. The Bertz CT molecular complexity index is 1100. The lowest BCUT2D eigenvalue weighted by atomic mass is 9.91. The monoisotopic (exact) mass is 390 g/mol. The van der Waals surface area contributed by atoms with Crippen LogP contribution in [-0.4, -0.2) is 24.2 Å². The number of methoxy groups -OCH3 is 1. The molecule has 5 nitrogen and oxygen atoms in total. The van der Waals surface area contributed by atoms with Crippen molar-refractivity contribution in [1.82, 2.24) is 0 Å². The fourth-order valence-corrected chi connectivity index (χ4v) is 3.47.